The van der Waals surface area contributed by atoms with Crippen LogP contribution in [-0.2, 0) is 6.42 Å². The number of hydrogen-bond acceptors (Lipinski definition) is 2. The molecular weight excluding hydrogens is 217 g/mol. The number of pyridine rings is 1. The van der Waals surface area contributed by atoms with Gasteiger partial charge in [0.2, 0.25) is 0 Å². The maximum absolute atomic E-state index is 13.3. The summed E-state index contributed by atoms with van der Waals surface area (Å²) in [5.41, 5.74) is -0.0323. The number of aliphatic hydroxyl groups excluding tert-OH is 1. The Morgan fingerprint density at radius 2 is 2.13 bits per heavy atom. The summed E-state index contributed by atoms with van der Waals surface area (Å²) in [7, 11) is 0. The number of rotatable bonds is 2. The van der Waals surface area contributed by atoms with Gasteiger partial charge < -0.3 is 5.11 Å². The van der Waals surface area contributed by atoms with E-state index in [4.69, 9.17) is 11.6 Å². The summed E-state index contributed by atoms with van der Waals surface area (Å²) in [5, 5.41) is 10.1. The summed E-state index contributed by atoms with van der Waals surface area (Å²) < 4.78 is 13.3. The summed E-state index contributed by atoms with van der Waals surface area (Å²) in [4.78, 5) is 3.86. The minimum absolute atomic E-state index is 0.201. The fraction of sp³-hybridized carbons (Fsp3) is 0.545. The minimum Gasteiger partial charge on any atom is -0.392 e. The molecule has 0 saturated carbocycles. The predicted octanol–water partition coefficient (Wildman–Crippen LogP) is 2.82. The molecule has 0 amide bonds. The van der Waals surface area contributed by atoms with Gasteiger partial charge >= 0.3 is 0 Å². The molecule has 0 aliphatic rings. The summed E-state index contributed by atoms with van der Waals surface area (Å²) in [5.74, 6) is -0.467. The predicted molar refractivity (Wildman–Crippen MR) is 58.4 cm³/mol. The van der Waals surface area contributed by atoms with Crippen LogP contribution in [-0.4, -0.2) is 16.2 Å². The van der Waals surface area contributed by atoms with Crippen molar-refractivity contribution in [3.05, 3.63) is 28.8 Å². The maximum atomic E-state index is 13.3. The standard InChI is InChI=1S/C11H15ClFNO/c1-11(2,3)10(15)5-9-8(13)4-7(12)6-14-9/h4,6,10,15H,5H2,1-3H3. The molecule has 0 fully saturated rings. The van der Waals surface area contributed by atoms with Gasteiger partial charge in [-0.3, -0.25) is 4.98 Å². The summed E-state index contributed by atoms with van der Waals surface area (Å²) in [6.07, 6.45) is 0.961. The first-order chi connectivity index (χ1) is 6.80. The molecule has 0 aliphatic carbocycles. The fourth-order valence-electron chi connectivity index (χ4n) is 1.08. The van der Waals surface area contributed by atoms with Crippen molar-refractivity contribution in [2.45, 2.75) is 33.3 Å². The van der Waals surface area contributed by atoms with E-state index in [-0.39, 0.29) is 22.6 Å². The zero-order valence-corrected chi connectivity index (χ0v) is 9.85. The second kappa shape index (κ2) is 4.45. The zero-order valence-electron chi connectivity index (χ0n) is 9.09. The van der Waals surface area contributed by atoms with E-state index in [1.807, 2.05) is 20.8 Å². The first-order valence-electron chi connectivity index (χ1n) is 4.78. The molecule has 1 rings (SSSR count). The molecule has 1 heterocycles. The van der Waals surface area contributed by atoms with Gasteiger partial charge in [-0.2, -0.15) is 0 Å². The Morgan fingerprint density at radius 1 is 1.53 bits per heavy atom. The normalized spacial score (nSPS) is 14.0. The van der Waals surface area contributed by atoms with E-state index in [2.05, 4.69) is 4.98 Å². The summed E-state index contributed by atoms with van der Waals surface area (Å²) in [6, 6.07) is 1.21. The van der Waals surface area contributed by atoms with E-state index in [1.165, 1.54) is 12.3 Å². The average molecular weight is 232 g/mol. The average Bonchev–Trinajstić information content (AvgIpc) is 2.08. The van der Waals surface area contributed by atoms with E-state index in [9.17, 15) is 9.50 Å². The van der Waals surface area contributed by atoms with Crippen LogP contribution in [0.5, 0.6) is 0 Å². The van der Waals surface area contributed by atoms with Crippen molar-refractivity contribution in [1.82, 2.24) is 4.98 Å². The largest absolute Gasteiger partial charge is 0.392 e. The molecule has 84 valence electrons. The smallest absolute Gasteiger partial charge is 0.146 e. The van der Waals surface area contributed by atoms with Crippen LogP contribution >= 0.6 is 11.6 Å². The van der Waals surface area contributed by atoms with Gasteiger partial charge in [-0.05, 0) is 11.5 Å². The van der Waals surface area contributed by atoms with Crippen molar-refractivity contribution in [1.29, 1.82) is 0 Å². The second-order valence-corrected chi connectivity index (χ2v) is 5.10. The Morgan fingerprint density at radius 3 is 2.60 bits per heavy atom. The molecule has 1 N–H and O–H groups in total. The van der Waals surface area contributed by atoms with Crippen molar-refractivity contribution in [2.75, 3.05) is 0 Å². The van der Waals surface area contributed by atoms with Crippen LogP contribution in [0, 0.1) is 11.2 Å². The van der Waals surface area contributed by atoms with Gasteiger partial charge in [-0.15, -0.1) is 0 Å². The molecule has 2 nitrogen and oxygen atoms in total. The molecular formula is C11H15ClFNO. The lowest BCUT2D eigenvalue weighted by molar-refractivity contribution is 0.0619. The van der Waals surface area contributed by atoms with Crippen molar-refractivity contribution in [3.8, 4) is 0 Å². The van der Waals surface area contributed by atoms with Crippen LogP contribution in [0.2, 0.25) is 5.02 Å². The third-order valence-corrected chi connectivity index (χ3v) is 2.48. The van der Waals surface area contributed by atoms with Crippen LogP contribution in [0.1, 0.15) is 26.5 Å². The van der Waals surface area contributed by atoms with E-state index < -0.39 is 11.9 Å². The molecule has 0 radical (unpaired) electrons. The van der Waals surface area contributed by atoms with Crippen molar-refractivity contribution < 1.29 is 9.50 Å². The van der Waals surface area contributed by atoms with Gasteiger partial charge in [0, 0.05) is 12.6 Å². The van der Waals surface area contributed by atoms with Gasteiger partial charge in [-0.25, -0.2) is 4.39 Å². The Labute approximate surface area is 94.1 Å². The van der Waals surface area contributed by atoms with Crippen LogP contribution < -0.4 is 0 Å². The maximum Gasteiger partial charge on any atom is 0.146 e. The van der Waals surface area contributed by atoms with Gasteiger partial charge in [-0.1, -0.05) is 32.4 Å². The van der Waals surface area contributed by atoms with Crippen LogP contribution in [0.4, 0.5) is 4.39 Å². The SMILES string of the molecule is CC(C)(C)C(O)Cc1ncc(Cl)cc1F. The molecule has 0 bridgehead atoms. The van der Waals surface area contributed by atoms with Crippen molar-refractivity contribution in [2.24, 2.45) is 5.41 Å². The molecule has 1 unspecified atom stereocenters. The molecule has 1 aromatic heterocycles. The highest BCUT2D eigenvalue weighted by molar-refractivity contribution is 6.30. The quantitative estimate of drug-likeness (QED) is 0.849. The number of aliphatic hydroxyl groups is 1. The number of halogens is 2. The third-order valence-electron chi connectivity index (χ3n) is 2.27. The van der Waals surface area contributed by atoms with Gasteiger partial charge in [0.05, 0.1) is 16.8 Å². The molecule has 0 aliphatic heterocycles. The van der Waals surface area contributed by atoms with E-state index >= 15 is 0 Å². The summed E-state index contributed by atoms with van der Waals surface area (Å²) in [6.45, 7) is 5.68. The first-order valence-corrected chi connectivity index (χ1v) is 5.16. The van der Waals surface area contributed by atoms with Gasteiger partial charge in [0.1, 0.15) is 5.82 Å². The van der Waals surface area contributed by atoms with E-state index in [0.29, 0.717) is 0 Å². The molecule has 0 saturated heterocycles. The number of aromatic nitrogens is 1. The molecule has 0 spiro atoms. The number of hydrogen-bond donors (Lipinski definition) is 1. The minimum atomic E-state index is -0.624. The van der Waals surface area contributed by atoms with Gasteiger partial charge in [0.15, 0.2) is 0 Å². The van der Waals surface area contributed by atoms with Crippen LogP contribution in [0.15, 0.2) is 12.3 Å². The van der Waals surface area contributed by atoms with E-state index in [1.54, 1.807) is 0 Å². The van der Waals surface area contributed by atoms with Crippen LogP contribution in [0.3, 0.4) is 0 Å². The molecule has 4 heteroatoms. The van der Waals surface area contributed by atoms with Crippen molar-refractivity contribution in [3.63, 3.8) is 0 Å². The Balaban J connectivity index is 2.82. The lowest BCUT2D eigenvalue weighted by Gasteiger charge is -2.25. The molecule has 1 atom stereocenters. The van der Waals surface area contributed by atoms with Crippen molar-refractivity contribution >= 4 is 11.6 Å². The Kier molecular flexibility index (Phi) is 3.68. The fourth-order valence-corrected chi connectivity index (χ4v) is 1.23. The third kappa shape index (κ3) is 3.43. The Hall–Kier alpha value is -0.670. The topological polar surface area (TPSA) is 33.1 Å². The monoisotopic (exact) mass is 231 g/mol. The molecule has 1 aromatic rings. The second-order valence-electron chi connectivity index (χ2n) is 4.67. The summed E-state index contributed by atoms with van der Waals surface area (Å²) >= 11 is 5.58. The Bertz CT molecular complexity index is 349. The van der Waals surface area contributed by atoms with Crippen LogP contribution in [0.25, 0.3) is 0 Å². The van der Waals surface area contributed by atoms with Gasteiger partial charge in [0.25, 0.3) is 0 Å². The lowest BCUT2D eigenvalue weighted by atomic mass is 9.86. The first kappa shape index (κ1) is 12.4. The lowest BCUT2D eigenvalue weighted by Crippen LogP contribution is -2.28. The highest BCUT2D eigenvalue weighted by Crippen LogP contribution is 2.23. The molecule has 0 aromatic carbocycles. The number of nitrogens with zero attached hydrogens (tertiary/aromatic N) is 1. The zero-order chi connectivity index (χ0) is 11.6. The highest BCUT2D eigenvalue weighted by Gasteiger charge is 2.23. The van der Waals surface area contributed by atoms with E-state index in [0.717, 1.165) is 0 Å². The molecule has 15 heavy (non-hydrogen) atoms. The highest BCUT2D eigenvalue weighted by atomic mass is 35.5.